The summed E-state index contributed by atoms with van der Waals surface area (Å²) < 4.78 is 10.8. The lowest BCUT2D eigenvalue weighted by atomic mass is 9.93. The van der Waals surface area contributed by atoms with E-state index >= 15 is 0 Å². The minimum atomic E-state index is 0.0671. The Bertz CT molecular complexity index is 114. The van der Waals surface area contributed by atoms with Crippen molar-refractivity contribution in [3.05, 3.63) is 0 Å². The highest BCUT2D eigenvalue weighted by atomic mass is 16.5. The van der Waals surface area contributed by atoms with Crippen LogP contribution in [0.4, 0.5) is 0 Å². The molecule has 0 spiro atoms. The Balaban J connectivity index is 2.45. The number of rotatable bonds is 1. The van der Waals surface area contributed by atoms with Crippen LogP contribution in [0.3, 0.4) is 0 Å². The van der Waals surface area contributed by atoms with E-state index in [4.69, 9.17) is 9.47 Å². The van der Waals surface area contributed by atoms with Crippen molar-refractivity contribution in [3.63, 3.8) is 0 Å². The van der Waals surface area contributed by atoms with Crippen molar-refractivity contribution in [2.45, 2.75) is 38.4 Å². The molecule has 2 atom stereocenters. The molecule has 10 heavy (non-hydrogen) atoms. The molecule has 1 heterocycles. The van der Waals surface area contributed by atoms with Gasteiger partial charge in [-0.05, 0) is 20.3 Å². The molecule has 60 valence electrons. The van der Waals surface area contributed by atoms with Gasteiger partial charge in [-0.15, -0.1) is 0 Å². The second-order valence-corrected chi connectivity index (χ2v) is 3.29. The van der Waals surface area contributed by atoms with Gasteiger partial charge in [0.05, 0.1) is 11.7 Å². The van der Waals surface area contributed by atoms with Gasteiger partial charge in [0.1, 0.15) is 0 Å². The summed E-state index contributed by atoms with van der Waals surface area (Å²) in [5.74, 6) is 0. The van der Waals surface area contributed by atoms with E-state index < -0.39 is 0 Å². The third kappa shape index (κ3) is 1.70. The third-order valence-electron chi connectivity index (χ3n) is 2.25. The molecule has 0 aromatic rings. The maximum absolute atomic E-state index is 5.40. The van der Waals surface area contributed by atoms with Crippen LogP contribution in [-0.2, 0) is 9.47 Å². The van der Waals surface area contributed by atoms with Crippen LogP contribution >= 0.6 is 0 Å². The summed E-state index contributed by atoms with van der Waals surface area (Å²) >= 11 is 0. The average Bonchev–Trinajstić information content (AvgIpc) is 1.88. The van der Waals surface area contributed by atoms with Gasteiger partial charge in [0.2, 0.25) is 0 Å². The molecular formula is C8H16O2. The van der Waals surface area contributed by atoms with E-state index in [1.165, 1.54) is 0 Å². The molecule has 0 radical (unpaired) electrons. The highest BCUT2D eigenvalue weighted by Gasteiger charge is 2.30. The standard InChI is InChI=1S/C8H16O2/c1-7-6-8(2,9-3)4-5-10-7/h7H,4-6H2,1-3H3/t7?,8-/m0/s1. The molecule has 0 aliphatic carbocycles. The Hall–Kier alpha value is -0.0800. The summed E-state index contributed by atoms with van der Waals surface area (Å²) in [7, 11) is 1.78. The van der Waals surface area contributed by atoms with Crippen LogP contribution in [0.5, 0.6) is 0 Å². The van der Waals surface area contributed by atoms with Crippen LogP contribution < -0.4 is 0 Å². The normalized spacial score (nSPS) is 41.7. The van der Waals surface area contributed by atoms with Crippen LogP contribution in [0.1, 0.15) is 26.7 Å². The van der Waals surface area contributed by atoms with Crippen molar-refractivity contribution in [2.75, 3.05) is 13.7 Å². The first-order valence-corrected chi connectivity index (χ1v) is 3.83. The molecule has 2 nitrogen and oxygen atoms in total. The maximum Gasteiger partial charge on any atom is 0.0697 e. The molecular weight excluding hydrogens is 128 g/mol. The summed E-state index contributed by atoms with van der Waals surface area (Å²) in [4.78, 5) is 0. The van der Waals surface area contributed by atoms with Crippen molar-refractivity contribution in [1.82, 2.24) is 0 Å². The first kappa shape index (κ1) is 8.02. The lowest BCUT2D eigenvalue weighted by Gasteiger charge is -2.35. The van der Waals surface area contributed by atoms with Gasteiger partial charge < -0.3 is 9.47 Å². The fourth-order valence-corrected chi connectivity index (χ4v) is 1.43. The first-order chi connectivity index (χ1) is 4.66. The SMILES string of the molecule is CO[C@@]1(C)CCOC(C)C1. The van der Waals surface area contributed by atoms with Crippen molar-refractivity contribution in [1.29, 1.82) is 0 Å². The molecule has 0 N–H and O–H groups in total. The molecule has 1 aliphatic heterocycles. The Morgan fingerprint density at radius 1 is 1.60 bits per heavy atom. The molecule has 2 heteroatoms. The smallest absolute Gasteiger partial charge is 0.0697 e. The monoisotopic (exact) mass is 144 g/mol. The van der Waals surface area contributed by atoms with Crippen molar-refractivity contribution >= 4 is 0 Å². The van der Waals surface area contributed by atoms with E-state index in [1.54, 1.807) is 7.11 Å². The first-order valence-electron chi connectivity index (χ1n) is 3.83. The van der Waals surface area contributed by atoms with Gasteiger partial charge in [-0.25, -0.2) is 0 Å². The summed E-state index contributed by atoms with van der Waals surface area (Å²) in [6, 6.07) is 0. The average molecular weight is 144 g/mol. The molecule has 0 aromatic heterocycles. The van der Waals surface area contributed by atoms with Crippen LogP contribution in [0.15, 0.2) is 0 Å². The zero-order valence-corrected chi connectivity index (χ0v) is 7.02. The Kier molecular flexibility index (Phi) is 2.32. The van der Waals surface area contributed by atoms with Crippen molar-refractivity contribution in [2.24, 2.45) is 0 Å². The Morgan fingerprint density at radius 3 is 2.70 bits per heavy atom. The molecule has 1 saturated heterocycles. The molecule has 1 aliphatic rings. The largest absolute Gasteiger partial charge is 0.378 e. The summed E-state index contributed by atoms with van der Waals surface area (Å²) in [5.41, 5.74) is 0.0671. The number of hydrogen-bond donors (Lipinski definition) is 0. The van der Waals surface area contributed by atoms with E-state index in [1.807, 2.05) is 0 Å². The Labute approximate surface area is 62.5 Å². The van der Waals surface area contributed by atoms with Gasteiger partial charge in [0.25, 0.3) is 0 Å². The molecule has 0 amide bonds. The minimum absolute atomic E-state index is 0.0671. The van der Waals surface area contributed by atoms with Crippen molar-refractivity contribution in [3.8, 4) is 0 Å². The predicted molar refractivity (Wildman–Crippen MR) is 40.1 cm³/mol. The molecule has 0 aromatic carbocycles. The molecule has 1 rings (SSSR count). The van der Waals surface area contributed by atoms with Gasteiger partial charge in [0, 0.05) is 20.1 Å². The molecule has 0 saturated carbocycles. The fraction of sp³-hybridized carbons (Fsp3) is 1.00. The quantitative estimate of drug-likeness (QED) is 0.556. The van der Waals surface area contributed by atoms with Crippen molar-refractivity contribution < 1.29 is 9.47 Å². The van der Waals surface area contributed by atoms with E-state index in [9.17, 15) is 0 Å². The lowest BCUT2D eigenvalue weighted by Crippen LogP contribution is -2.38. The fourth-order valence-electron chi connectivity index (χ4n) is 1.43. The van der Waals surface area contributed by atoms with Crippen LogP contribution in [0, 0.1) is 0 Å². The highest BCUT2D eigenvalue weighted by Crippen LogP contribution is 2.26. The van der Waals surface area contributed by atoms with Gasteiger partial charge in [0.15, 0.2) is 0 Å². The maximum atomic E-state index is 5.40. The van der Waals surface area contributed by atoms with Gasteiger partial charge in [-0.3, -0.25) is 0 Å². The van der Waals surface area contributed by atoms with E-state index in [-0.39, 0.29) is 5.60 Å². The summed E-state index contributed by atoms with van der Waals surface area (Å²) in [6.45, 7) is 5.08. The Morgan fingerprint density at radius 2 is 2.30 bits per heavy atom. The molecule has 1 fully saturated rings. The third-order valence-corrected chi connectivity index (χ3v) is 2.25. The summed E-state index contributed by atoms with van der Waals surface area (Å²) in [5, 5.41) is 0. The minimum Gasteiger partial charge on any atom is -0.378 e. The predicted octanol–water partition coefficient (Wildman–Crippen LogP) is 1.59. The van der Waals surface area contributed by atoms with E-state index in [0.717, 1.165) is 19.4 Å². The second-order valence-electron chi connectivity index (χ2n) is 3.29. The highest BCUT2D eigenvalue weighted by molar-refractivity contribution is 4.80. The zero-order valence-electron chi connectivity index (χ0n) is 7.02. The second kappa shape index (κ2) is 2.89. The van der Waals surface area contributed by atoms with E-state index in [0.29, 0.717) is 6.10 Å². The van der Waals surface area contributed by atoms with Gasteiger partial charge >= 0.3 is 0 Å². The molecule has 1 unspecified atom stereocenters. The van der Waals surface area contributed by atoms with Gasteiger partial charge in [-0.2, -0.15) is 0 Å². The van der Waals surface area contributed by atoms with Crippen LogP contribution in [0.25, 0.3) is 0 Å². The van der Waals surface area contributed by atoms with Crippen LogP contribution in [-0.4, -0.2) is 25.4 Å². The lowest BCUT2D eigenvalue weighted by molar-refractivity contribution is -0.107. The van der Waals surface area contributed by atoms with Crippen LogP contribution in [0.2, 0.25) is 0 Å². The number of ether oxygens (including phenoxy) is 2. The van der Waals surface area contributed by atoms with E-state index in [2.05, 4.69) is 13.8 Å². The summed E-state index contributed by atoms with van der Waals surface area (Å²) in [6.07, 6.45) is 2.40. The number of hydrogen-bond acceptors (Lipinski definition) is 2. The number of methoxy groups -OCH3 is 1. The van der Waals surface area contributed by atoms with Gasteiger partial charge in [-0.1, -0.05) is 0 Å². The molecule has 0 bridgehead atoms. The topological polar surface area (TPSA) is 18.5 Å². The zero-order chi connectivity index (χ0) is 7.61.